The number of rotatable bonds is 2. The first-order valence-electron chi connectivity index (χ1n) is 6.18. The van der Waals surface area contributed by atoms with E-state index in [9.17, 15) is 4.79 Å². The van der Waals surface area contributed by atoms with Crippen LogP contribution in [0.15, 0.2) is 0 Å². The van der Waals surface area contributed by atoms with E-state index in [1.54, 1.807) is 0 Å². The normalized spacial score (nSPS) is 34.3. The summed E-state index contributed by atoms with van der Waals surface area (Å²) >= 11 is 0. The first-order valence-corrected chi connectivity index (χ1v) is 6.18. The van der Waals surface area contributed by atoms with E-state index in [0.717, 1.165) is 32.1 Å². The molecule has 1 amide bonds. The van der Waals surface area contributed by atoms with E-state index in [0.29, 0.717) is 0 Å². The Labute approximate surface area is 91.8 Å². The number of carbonyl (C=O) groups excluding carboxylic acids is 1. The fraction of sp³-hybridized carbons (Fsp3) is 0.917. The van der Waals surface area contributed by atoms with Crippen molar-refractivity contribution in [3.8, 4) is 0 Å². The van der Waals surface area contributed by atoms with Gasteiger partial charge in [-0.25, -0.2) is 0 Å². The van der Waals surface area contributed by atoms with E-state index in [4.69, 9.17) is 5.73 Å². The van der Waals surface area contributed by atoms with Gasteiger partial charge in [0.2, 0.25) is 5.91 Å². The monoisotopic (exact) mass is 210 g/mol. The molecule has 2 saturated carbocycles. The molecule has 86 valence electrons. The summed E-state index contributed by atoms with van der Waals surface area (Å²) in [5.74, 6) is 0.264. The molecule has 0 heterocycles. The summed E-state index contributed by atoms with van der Waals surface area (Å²) in [6.45, 7) is 2.14. The van der Waals surface area contributed by atoms with Gasteiger partial charge in [-0.15, -0.1) is 0 Å². The van der Waals surface area contributed by atoms with Crippen molar-refractivity contribution in [2.75, 3.05) is 0 Å². The van der Waals surface area contributed by atoms with Gasteiger partial charge < -0.3 is 11.1 Å². The van der Waals surface area contributed by atoms with Crippen molar-refractivity contribution < 1.29 is 4.79 Å². The maximum atomic E-state index is 12.0. The lowest BCUT2D eigenvalue weighted by Crippen LogP contribution is -2.55. The highest BCUT2D eigenvalue weighted by atomic mass is 16.2. The zero-order chi connectivity index (χ0) is 10.9. The van der Waals surface area contributed by atoms with Gasteiger partial charge in [0, 0.05) is 11.6 Å². The Balaban J connectivity index is 1.89. The summed E-state index contributed by atoms with van der Waals surface area (Å²) < 4.78 is 0. The molecule has 3 N–H and O–H groups in total. The quantitative estimate of drug-likeness (QED) is 0.726. The van der Waals surface area contributed by atoms with Crippen molar-refractivity contribution in [3.05, 3.63) is 0 Å². The van der Waals surface area contributed by atoms with Gasteiger partial charge in [0.05, 0.1) is 5.92 Å². The van der Waals surface area contributed by atoms with Crippen LogP contribution >= 0.6 is 0 Å². The summed E-state index contributed by atoms with van der Waals surface area (Å²) in [5, 5.41) is 3.17. The molecule has 2 atom stereocenters. The van der Waals surface area contributed by atoms with Crippen LogP contribution in [0, 0.1) is 5.92 Å². The van der Waals surface area contributed by atoms with Crippen LogP contribution in [-0.2, 0) is 4.79 Å². The second-order valence-corrected chi connectivity index (χ2v) is 5.46. The van der Waals surface area contributed by atoms with E-state index in [-0.39, 0.29) is 23.4 Å². The summed E-state index contributed by atoms with van der Waals surface area (Å²) in [6, 6.07) is 0.0856. The van der Waals surface area contributed by atoms with Crippen LogP contribution in [0.25, 0.3) is 0 Å². The summed E-state index contributed by atoms with van der Waals surface area (Å²) in [5.41, 5.74) is 6.08. The first-order chi connectivity index (χ1) is 7.11. The third-order valence-corrected chi connectivity index (χ3v) is 4.04. The third-order valence-electron chi connectivity index (χ3n) is 4.04. The van der Waals surface area contributed by atoms with Gasteiger partial charge in [-0.1, -0.05) is 12.8 Å². The van der Waals surface area contributed by atoms with Gasteiger partial charge in [0.1, 0.15) is 0 Å². The molecule has 0 aromatic rings. The van der Waals surface area contributed by atoms with E-state index in [1.165, 1.54) is 12.8 Å². The second-order valence-electron chi connectivity index (χ2n) is 5.46. The fourth-order valence-corrected chi connectivity index (χ4v) is 2.71. The average Bonchev–Trinajstić information content (AvgIpc) is 2.16. The SMILES string of the molecule is CC1(NC(=O)C2CCCCC2N)CCC1. The summed E-state index contributed by atoms with van der Waals surface area (Å²) in [7, 11) is 0. The molecule has 3 nitrogen and oxygen atoms in total. The molecule has 0 spiro atoms. The molecule has 0 aliphatic heterocycles. The Morgan fingerprint density at radius 3 is 2.47 bits per heavy atom. The molecule has 3 heteroatoms. The van der Waals surface area contributed by atoms with Crippen molar-refractivity contribution in [2.24, 2.45) is 11.7 Å². The molecule has 0 saturated heterocycles. The van der Waals surface area contributed by atoms with Gasteiger partial charge >= 0.3 is 0 Å². The number of nitrogens with one attached hydrogen (secondary N) is 1. The smallest absolute Gasteiger partial charge is 0.225 e. The summed E-state index contributed by atoms with van der Waals surface area (Å²) in [4.78, 5) is 12.0. The minimum absolute atomic E-state index is 0.0659. The number of amides is 1. The third kappa shape index (κ3) is 2.33. The van der Waals surface area contributed by atoms with Crippen LogP contribution < -0.4 is 11.1 Å². The maximum absolute atomic E-state index is 12.0. The molecular formula is C12H22N2O. The molecule has 2 rings (SSSR count). The summed E-state index contributed by atoms with van der Waals surface area (Å²) in [6.07, 6.45) is 7.82. The molecule has 2 aliphatic carbocycles. The predicted molar refractivity (Wildman–Crippen MR) is 60.3 cm³/mol. The number of carbonyl (C=O) groups is 1. The molecule has 0 aromatic carbocycles. The van der Waals surface area contributed by atoms with E-state index in [1.807, 2.05) is 0 Å². The van der Waals surface area contributed by atoms with Crippen molar-refractivity contribution in [1.29, 1.82) is 0 Å². The highest BCUT2D eigenvalue weighted by Crippen LogP contribution is 2.32. The lowest BCUT2D eigenvalue weighted by Gasteiger charge is -2.41. The van der Waals surface area contributed by atoms with E-state index < -0.39 is 0 Å². The van der Waals surface area contributed by atoms with Crippen LogP contribution in [-0.4, -0.2) is 17.5 Å². The molecule has 2 aliphatic rings. The van der Waals surface area contributed by atoms with Crippen LogP contribution in [0.5, 0.6) is 0 Å². The van der Waals surface area contributed by atoms with Crippen molar-refractivity contribution >= 4 is 5.91 Å². The van der Waals surface area contributed by atoms with Gasteiger partial charge in [-0.05, 0) is 39.0 Å². The average molecular weight is 210 g/mol. The van der Waals surface area contributed by atoms with E-state index in [2.05, 4.69) is 12.2 Å². The van der Waals surface area contributed by atoms with Gasteiger partial charge in [-0.3, -0.25) is 4.79 Å². The van der Waals surface area contributed by atoms with Crippen molar-refractivity contribution in [2.45, 2.75) is 63.5 Å². The molecule has 0 bridgehead atoms. The Bertz CT molecular complexity index is 248. The Kier molecular flexibility index (Phi) is 3.01. The Morgan fingerprint density at radius 1 is 1.27 bits per heavy atom. The number of hydrogen-bond donors (Lipinski definition) is 2. The van der Waals surface area contributed by atoms with E-state index >= 15 is 0 Å². The lowest BCUT2D eigenvalue weighted by molar-refractivity contribution is -0.129. The first kappa shape index (κ1) is 10.9. The molecule has 2 unspecified atom stereocenters. The van der Waals surface area contributed by atoms with Gasteiger partial charge in [0.25, 0.3) is 0 Å². The zero-order valence-electron chi connectivity index (χ0n) is 9.59. The van der Waals surface area contributed by atoms with Gasteiger partial charge in [0.15, 0.2) is 0 Å². The molecule has 15 heavy (non-hydrogen) atoms. The number of hydrogen-bond acceptors (Lipinski definition) is 2. The van der Waals surface area contributed by atoms with Crippen LogP contribution in [0.4, 0.5) is 0 Å². The fourth-order valence-electron chi connectivity index (χ4n) is 2.71. The zero-order valence-corrected chi connectivity index (χ0v) is 9.59. The largest absolute Gasteiger partial charge is 0.351 e. The predicted octanol–water partition coefficient (Wildman–Crippen LogP) is 1.56. The van der Waals surface area contributed by atoms with Crippen molar-refractivity contribution in [1.82, 2.24) is 5.32 Å². The highest BCUT2D eigenvalue weighted by Gasteiger charge is 2.36. The van der Waals surface area contributed by atoms with Crippen molar-refractivity contribution in [3.63, 3.8) is 0 Å². The highest BCUT2D eigenvalue weighted by molar-refractivity contribution is 5.80. The molecule has 0 radical (unpaired) electrons. The lowest BCUT2D eigenvalue weighted by atomic mass is 9.77. The second kappa shape index (κ2) is 4.12. The number of nitrogens with two attached hydrogens (primary N) is 1. The Hall–Kier alpha value is -0.570. The van der Waals surface area contributed by atoms with Crippen LogP contribution in [0.1, 0.15) is 51.9 Å². The molecule has 0 aromatic heterocycles. The minimum atomic E-state index is 0.0659. The van der Waals surface area contributed by atoms with Gasteiger partial charge in [-0.2, -0.15) is 0 Å². The molecular weight excluding hydrogens is 188 g/mol. The maximum Gasteiger partial charge on any atom is 0.225 e. The van der Waals surface area contributed by atoms with Crippen LogP contribution in [0.3, 0.4) is 0 Å². The molecule has 2 fully saturated rings. The standard InChI is InChI=1S/C12H22N2O/c1-12(7-4-8-12)14-11(15)9-5-2-3-6-10(9)13/h9-10H,2-8,13H2,1H3,(H,14,15). The topological polar surface area (TPSA) is 55.1 Å². The van der Waals surface area contributed by atoms with Crippen LogP contribution in [0.2, 0.25) is 0 Å². The Morgan fingerprint density at radius 2 is 1.93 bits per heavy atom. The minimum Gasteiger partial charge on any atom is -0.351 e.